The Bertz CT molecular complexity index is 568. The molecule has 1 amide bonds. The van der Waals surface area contributed by atoms with Crippen LogP contribution in [0.25, 0.3) is 6.08 Å². The summed E-state index contributed by atoms with van der Waals surface area (Å²) in [6, 6.07) is 3.95. The Hall–Kier alpha value is -1.82. The van der Waals surface area contributed by atoms with Gasteiger partial charge in [-0.25, -0.2) is 9.18 Å². The molecule has 0 saturated carbocycles. The van der Waals surface area contributed by atoms with Crippen LogP contribution in [0.2, 0.25) is 0 Å². The number of nitrogens with one attached hydrogen (secondary N) is 1. The third-order valence-corrected chi connectivity index (χ3v) is 4.57. The van der Waals surface area contributed by atoms with Crippen LogP contribution in [0.4, 0.5) is 4.39 Å². The lowest BCUT2D eigenvalue weighted by Crippen LogP contribution is -2.30. The van der Waals surface area contributed by atoms with Gasteiger partial charge in [0.05, 0.1) is 5.56 Å². The Morgan fingerprint density at radius 2 is 2.29 bits per heavy atom. The molecule has 0 spiro atoms. The van der Waals surface area contributed by atoms with Gasteiger partial charge in [0.15, 0.2) is 0 Å². The number of hydrogen-bond acceptors (Lipinski definition) is 3. The Morgan fingerprint density at radius 3 is 2.95 bits per heavy atom. The van der Waals surface area contributed by atoms with Crippen LogP contribution < -0.4 is 5.32 Å². The third-order valence-electron chi connectivity index (χ3n) is 3.17. The highest BCUT2D eigenvalue weighted by Gasteiger charge is 2.18. The van der Waals surface area contributed by atoms with E-state index < -0.39 is 17.7 Å². The smallest absolute Gasteiger partial charge is 0.328 e. The second-order valence-corrected chi connectivity index (χ2v) is 6.16. The number of carboxylic acid groups (broad SMARTS) is 1. The van der Waals surface area contributed by atoms with Gasteiger partial charge in [0, 0.05) is 17.9 Å². The number of aliphatic carboxylic acids is 1. The fourth-order valence-corrected chi connectivity index (χ4v) is 3.30. The van der Waals surface area contributed by atoms with E-state index in [4.69, 9.17) is 5.11 Å². The number of hydrogen-bond donors (Lipinski definition) is 2. The molecule has 1 heterocycles. The van der Waals surface area contributed by atoms with Gasteiger partial charge in [-0.1, -0.05) is 6.07 Å². The predicted molar refractivity (Wildman–Crippen MR) is 80.9 cm³/mol. The fourth-order valence-electron chi connectivity index (χ4n) is 2.10. The summed E-state index contributed by atoms with van der Waals surface area (Å²) in [5.41, 5.74) is 0.407. The van der Waals surface area contributed by atoms with E-state index in [9.17, 15) is 14.0 Å². The van der Waals surface area contributed by atoms with Crippen LogP contribution in [0.5, 0.6) is 0 Å². The zero-order valence-corrected chi connectivity index (χ0v) is 12.2. The van der Waals surface area contributed by atoms with Crippen LogP contribution in [0.3, 0.4) is 0 Å². The number of halogens is 1. The first-order valence-corrected chi connectivity index (χ1v) is 7.71. The van der Waals surface area contributed by atoms with Crippen molar-refractivity contribution >= 4 is 29.7 Å². The van der Waals surface area contributed by atoms with Crippen molar-refractivity contribution in [2.75, 3.05) is 12.3 Å². The van der Waals surface area contributed by atoms with Crippen molar-refractivity contribution in [3.63, 3.8) is 0 Å². The summed E-state index contributed by atoms with van der Waals surface area (Å²) in [5, 5.41) is 11.7. The molecule has 112 valence electrons. The molecule has 1 aromatic carbocycles. The van der Waals surface area contributed by atoms with Gasteiger partial charge < -0.3 is 10.4 Å². The number of carboxylic acids is 1. The number of thioether (sulfide) groups is 1. The molecule has 2 rings (SSSR count). The van der Waals surface area contributed by atoms with Crippen LogP contribution in [-0.4, -0.2) is 34.5 Å². The summed E-state index contributed by atoms with van der Waals surface area (Å²) >= 11 is 1.81. The van der Waals surface area contributed by atoms with E-state index in [0.717, 1.165) is 24.7 Å². The lowest BCUT2D eigenvalue weighted by molar-refractivity contribution is -0.131. The molecule has 1 aliphatic heterocycles. The van der Waals surface area contributed by atoms with Gasteiger partial charge in [-0.3, -0.25) is 4.79 Å². The SMILES string of the molecule is O=C(O)/C=C/c1ccc(F)c(C(=O)NCC2CCCS2)c1. The topological polar surface area (TPSA) is 66.4 Å². The van der Waals surface area contributed by atoms with Crippen molar-refractivity contribution in [3.05, 3.63) is 41.2 Å². The van der Waals surface area contributed by atoms with Gasteiger partial charge in [0.25, 0.3) is 5.91 Å². The first-order valence-electron chi connectivity index (χ1n) is 6.66. The minimum Gasteiger partial charge on any atom is -0.478 e. The molecule has 1 atom stereocenters. The molecule has 0 aromatic heterocycles. The Kier molecular flexibility index (Phi) is 5.38. The number of benzene rings is 1. The molecule has 1 fully saturated rings. The molecule has 21 heavy (non-hydrogen) atoms. The lowest BCUT2D eigenvalue weighted by Gasteiger charge is -2.11. The van der Waals surface area contributed by atoms with Crippen LogP contribution in [0.1, 0.15) is 28.8 Å². The normalized spacial score (nSPS) is 18.0. The fraction of sp³-hybridized carbons (Fsp3) is 0.333. The second-order valence-electron chi connectivity index (χ2n) is 4.76. The third kappa shape index (κ3) is 4.60. The Balaban J connectivity index is 2.04. The highest BCUT2D eigenvalue weighted by atomic mass is 32.2. The van der Waals surface area contributed by atoms with E-state index in [1.165, 1.54) is 24.3 Å². The van der Waals surface area contributed by atoms with Gasteiger partial charge in [-0.05, 0) is 42.4 Å². The number of carbonyl (C=O) groups is 2. The minimum absolute atomic E-state index is 0.0643. The average Bonchev–Trinajstić information content (AvgIpc) is 2.97. The molecule has 1 aromatic rings. The van der Waals surface area contributed by atoms with E-state index in [1.807, 2.05) is 11.8 Å². The average molecular weight is 309 g/mol. The zero-order chi connectivity index (χ0) is 15.2. The summed E-state index contributed by atoms with van der Waals surface area (Å²) in [7, 11) is 0. The lowest BCUT2D eigenvalue weighted by atomic mass is 10.1. The molecular formula is C15H16FNO3S. The van der Waals surface area contributed by atoms with Gasteiger partial charge in [0.1, 0.15) is 5.82 Å². The van der Waals surface area contributed by atoms with Crippen LogP contribution in [0.15, 0.2) is 24.3 Å². The first kappa shape index (κ1) is 15.6. The highest BCUT2D eigenvalue weighted by Crippen LogP contribution is 2.25. The summed E-state index contributed by atoms with van der Waals surface area (Å²) in [6.45, 7) is 0.526. The predicted octanol–water partition coefficient (Wildman–Crippen LogP) is 2.55. The number of rotatable bonds is 5. The quantitative estimate of drug-likeness (QED) is 0.820. The molecule has 0 radical (unpaired) electrons. The summed E-state index contributed by atoms with van der Waals surface area (Å²) in [5.74, 6) is -1.07. The van der Waals surface area contributed by atoms with Gasteiger partial charge >= 0.3 is 5.97 Å². The largest absolute Gasteiger partial charge is 0.478 e. The minimum atomic E-state index is -1.09. The van der Waals surface area contributed by atoms with Crippen molar-refractivity contribution < 1.29 is 19.1 Å². The highest BCUT2D eigenvalue weighted by molar-refractivity contribution is 8.00. The van der Waals surface area contributed by atoms with Crippen LogP contribution >= 0.6 is 11.8 Å². The molecule has 0 aliphatic carbocycles. The number of amides is 1. The number of carbonyl (C=O) groups excluding carboxylic acids is 1. The molecule has 0 bridgehead atoms. The second kappa shape index (κ2) is 7.26. The van der Waals surface area contributed by atoms with Crippen LogP contribution in [-0.2, 0) is 4.79 Å². The Labute approximate surface area is 126 Å². The van der Waals surface area contributed by atoms with E-state index in [2.05, 4.69) is 5.32 Å². The maximum absolute atomic E-state index is 13.7. The van der Waals surface area contributed by atoms with Crippen molar-refractivity contribution in [3.8, 4) is 0 Å². The summed E-state index contributed by atoms with van der Waals surface area (Å²) in [4.78, 5) is 22.5. The van der Waals surface area contributed by atoms with Gasteiger partial charge in [0.2, 0.25) is 0 Å². The van der Waals surface area contributed by atoms with Crippen molar-refractivity contribution in [2.45, 2.75) is 18.1 Å². The molecule has 4 nitrogen and oxygen atoms in total. The van der Waals surface area contributed by atoms with Gasteiger partial charge in [-0.2, -0.15) is 11.8 Å². The van der Waals surface area contributed by atoms with E-state index in [1.54, 1.807) is 0 Å². The van der Waals surface area contributed by atoms with Gasteiger partial charge in [-0.15, -0.1) is 0 Å². The molecule has 6 heteroatoms. The van der Waals surface area contributed by atoms with Crippen LogP contribution in [0, 0.1) is 5.82 Å². The molecule has 2 N–H and O–H groups in total. The monoisotopic (exact) mass is 309 g/mol. The summed E-state index contributed by atoms with van der Waals surface area (Å²) in [6.07, 6.45) is 4.49. The zero-order valence-electron chi connectivity index (χ0n) is 11.3. The van der Waals surface area contributed by atoms with E-state index in [-0.39, 0.29) is 5.56 Å². The van der Waals surface area contributed by atoms with Crippen molar-refractivity contribution in [1.29, 1.82) is 0 Å². The van der Waals surface area contributed by atoms with E-state index >= 15 is 0 Å². The molecular weight excluding hydrogens is 293 g/mol. The van der Waals surface area contributed by atoms with Crippen molar-refractivity contribution in [1.82, 2.24) is 5.32 Å². The molecule has 1 aliphatic rings. The van der Waals surface area contributed by atoms with Crippen molar-refractivity contribution in [2.24, 2.45) is 0 Å². The molecule has 1 unspecified atom stereocenters. The first-order chi connectivity index (χ1) is 10.1. The molecule has 1 saturated heterocycles. The Morgan fingerprint density at radius 1 is 1.48 bits per heavy atom. The van der Waals surface area contributed by atoms with E-state index in [0.29, 0.717) is 17.4 Å². The maximum atomic E-state index is 13.7. The summed E-state index contributed by atoms with van der Waals surface area (Å²) < 4.78 is 13.7. The maximum Gasteiger partial charge on any atom is 0.328 e. The standard InChI is InChI=1S/C15H16FNO3S/c16-13-5-3-10(4-6-14(18)19)8-12(13)15(20)17-9-11-2-1-7-21-11/h3-6,8,11H,1-2,7,9H2,(H,17,20)(H,18,19)/b6-4+.